The fraction of sp³-hybridized carbons (Fsp3) is 0.200. The molecule has 15 heavy (non-hydrogen) atoms. The number of H-pyrrole nitrogens is 1. The molecule has 2 aromatic rings. The molecule has 0 spiro atoms. The summed E-state index contributed by atoms with van der Waals surface area (Å²) in [6.07, 6.45) is 1.88. The fourth-order valence-electron chi connectivity index (χ4n) is 1.45. The van der Waals surface area contributed by atoms with Gasteiger partial charge in [-0.15, -0.1) is 0 Å². The summed E-state index contributed by atoms with van der Waals surface area (Å²) in [4.78, 5) is 3.09. The third-order valence-corrected chi connectivity index (χ3v) is 3.70. The first-order chi connectivity index (χ1) is 7.15. The van der Waals surface area contributed by atoms with Crippen molar-refractivity contribution in [3.05, 3.63) is 25.9 Å². The third kappa shape index (κ3) is 1.92. The van der Waals surface area contributed by atoms with E-state index in [1.807, 2.05) is 13.1 Å². The van der Waals surface area contributed by atoms with Crippen molar-refractivity contribution in [1.82, 2.24) is 4.98 Å². The average molecular weight is 356 g/mol. The van der Waals surface area contributed by atoms with E-state index in [-0.39, 0.29) is 0 Å². The van der Waals surface area contributed by atoms with Crippen LogP contribution in [-0.4, -0.2) is 11.6 Å². The Labute approximate surface area is 111 Å². The number of hydrogen-bond donors (Lipinski definition) is 1. The molecule has 80 valence electrons. The second-order valence-corrected chi connectivity index (χ2v) is 4.94. The van der Waals surface area contributed by atoms with Crippen molar-refractivity contribution in [3.63, 3.8) is 0 Å². The van der Waals surface area contributed by atoms with Crippen LogP contribution in [0.1, 0.15) is 6.92 Å². The Morgan fingerprint density at radius 2 is 2.20 bits per heavy atom. The van der Waals surface area contributed by atoms with E-state index < -0.39 is 0 Å². The van der Waals surface area contributed by atoms with Crippen LogP contribution in [0.4, 0.5) is 0 Å². The largest absolute Gasteiger partial charge is 0.493 e. The van der Waals surface area contributed by atoms with Crippen LogP contribution in [-0.2, 0) is 0 Å². The van der Waals surface area contributed by atoms with Gasteiger partial charge < -0.3 is 9.72 Å². The van der Waals surface area contributed by atoms with Crippen LogP contribution in [0.3, 0.4) is 0 Å². The molecule has 1 heterocycles. The second kappa shape index (κ2) is 4.39. The molecule has 0 radical (unpaired) electrons. The molecule has 2 nitrogen and oxygen atoms in total. The van der Waals surface area contributed by atoms with Crippen molar-refractivity contribution >= 4 is 56.7 Å². The summed E-state index contributed by atoms with van der Waals surface area (Å²) in [5.74, 6) is 0.771. The van der Waals surface area contributed by atoms with Crippen LogP contribution in [0.25, 0.3) is 10.9 Å². The minimum absolute atomic E-state index is 0.505. The molecule has 0 fully saturated rings. The fourth-order valence-corrected chi connectivity index (χ4v) is 2.54. The Balaban J connectivity index is 2.79. The van der Waals surface area contributed by atoms with Crippen LogP contribution >= 0.6 is 45.8 Å². The van der Waals surface area contributed by atoms with E-state index in [1.165, 1.54) is 0 Å². The number of benzene rings is 1. The van der Waals surface area contributed by atoms with Crippen LogP contribution in [0.5, 0.6) is 5.75 Å². The van der Waals surface area contributed by atoms with Gasteiger partial charge in [-0.3, -0.25) is 0 Å². The minimum atomic E-state index is 0.505. The van der Waals surface area contributed by atoms with Gasteiger partial charge >= 0.3 is 0 Å². The maximum atomic E-state index is 6.09. The Hall–Kier alpha value is -0.130. The lowest BCUT2D eigenvalue weighted by Crippen LogP contribution is -1.92. The summed E-state index contributed by atoms with van der Waals surface area (Å²) in [5, 5.41) is 2.04. The molecule has 1 N–H and O–H groups in total. The zero-order valence-corrected chi connectivity index (χ0v) is 11.6. The highest BCUT2D eigenvalue weighted by Gasteiger charge is 2.14. The molecule has 0 bridgehead atoms. The van der Waals surface area contributed by atoms with Crippen LogP contribution in [0.2, 0.25) is 10.0 Å². The van der Waals surface area contributed by atoms with Crippen LogP contribution < -0.4 is 4.74 Å². The lowest BCUT2D eigenvalue weighted by Gasteiger charge is -2.07. The van der Waals surface area contributed by atoms with Crippen molar-refractivity contribution < 1.29 is 4.74 Å². The first-order valence-electron chi connectivity index (χ1n) is 4.42. The maximum Gasteiger partial charge on any atom is 0.131 e. The number of ether oxygens (including phenoxy) is 1. The lowest BCUT2D eigenvalue weighted by atomic mass is 10.2. The SMILES string of the molecule is CCOc1cc(Cl)c(Cl)c2[nH]cc(I)c12. The van der Waals surface area contributed by atoms with Gasteiger partial charge in [0.15, 0.2) is 0 Å². The summed E-state index contributed by atoms with van der Waals surface area (Å²) in [6.45, 7) is 2.54. The highest BCUT2D eigenvalue weighted by atomic mass is 127. The second-order valence-electron chi connectivity index (χ2n) is 2.99. The molecule has 1 aromatic heterocycles. The van der Waals surface area contributed by atoms with Crippen LogP contribution in [0, 0.1) is 3.57 Å². The van der Waals surface area contributed by atoms with E-state index in [0.29, 0.717) is 16.7 Å². The molecule has 0 saturated carbocycles. The van der Waals surface area contributed by atoms with Gasteiger partial charge in [-0.05, 0) is 29.5 Å². The number of nitrogens with one attached hydrogen (secondary N) is 1. The standard InChI is InChI=1S/C10H8Cl2INO/c1-2-15-7-3-5(11)9(12)10-8(7)6(13)4-14-10/h3-4,14H,2H2,1H3. The van der Waals surface area contributed by atoms with Crippen LogP contribution in [0.15, 0.2) is 12.3 Å². The zero-order chi connectivity index (χ0) is 11.0. The zero-order valence-electron chi connectivity index (χ0n) is 7.90. The van der Waals surface area contributed by atoms with E-state index in [4.69, 9.17) is 27.9 Å². The Morgan fingerprint density at radius 3 is 2.87 bits per heavy atom. The molecule has 2 rings (SSSR count). The third-order valence-electron chi connectivity index (χ3n) is 2.07. The highest BCUT2D eigenvalue weighted by Crippen LogP contribution is 2.39. The highest BCUT2D eigenvalue weighted by molar-refractivity contribution is 14.1. The number of aromatic nitrogens is 1. The van der Waals surface area contributed by atoms with E-state index in [1.54, 1.807) is 6.07 Å². The summed E-state index contributed by atoms with van der Waals surface area (Å²) in [5.41, 5.74) is 0.831. The molecule has 0 unspecified atom stereocenters. The normalized spacial score (nSPS) is 10.9. The van der Waals surface area contributed by atoms with Gasteiger partial charge in [0.2, 0.25) is 0 Å². The van der Waals surface area contributed by atoms with Gasteiger partial charge in [-0.25, -0.2) is 0 Å². The first-order valence-corrected chi connectivity index (χ1v) is 6.26. The van der Waals surface area contributed by atoms with Gasteiger partial charge in [-0.2, -0.15) is 0 Å². The van der Waals surface area contributed by atoms with Gasteiger partial charge in [-0.1, -0.05) is 23.2 Å². The smallest absolute Gasteiger partial charge is 0.131 e. The van der Waals surface area contributed by atoms with E-state index in [2.05, 4.69) is 27.6 Å². The monoisotopic (exact) mass is 355 g/mol. The number of aromatic amines is 1. The molecule has 5 heteroatoms. The molecule has 0 aliphatic heterocycles. The summed E-state index contributed by atoms with van der Waals surface area (Å²) in [6, 6.07) is 1.76. The predicted octanol–water partition coefficient (Wildman–Crippen LogP) is 4.48. The Bertz CT molecular complexity index is 510. The molecule has 1 aromatic carbocycles. The number of hydrogen-bond acceptors (Lipinski definition) is 1. The Kier molecular flexibility index (Phi) is 3.33. The minimum Gasteiger partial charge on any atom is -0.493 e. The van der Waals surface area contributed by atoms with Crippen molar-refractivity contribution in [2.75, 3.05) is 6.61 Å². The molecular weight excluding hydrogens is 348 g/mol. The van der Waals surface area contributed by atoms with E-state index >= 15 is 0 Å². The van der Waals surface area contributed by atoms with E-state index in [9.17, 15) is 0 Å². The molecule has 0 aliphatic rings. The van der Waals surface area contributed by atoms with Gasteiger partial charge in [0.1, 0.15) is 5.75 Å². The molecule has 0 amide bonds. The van der Waals surface area contributed by atoms with Crippen molar-refractivity contribution in [2.45, 2.75) is 6.92 Å². The quantitative estimate of drug-likeness (QED) is 0.789. The predicted molar refractivity (Wildman–Crippen MR) is 72.2 cm³/mol. The van der Waals surface area contributed by atoms with Gasteiger partial charge in [0, 0.05) is 15.8 Å². The topological polar surface area (TPSA) is 25.0 Å². The first kappa shape index (κ1) is 11.4. The summed E-state index contributed by atoms with van der Waals surface area (Å²) < 4.78 is 6.60. The molecule has 0 aliphatic carbocycles. The average Bonchev–Trinajstić information content (AvgIpc) is 2.57. The van der Waals surface area contributed by atoms with Crippen molar-refractivity contribution in [1.29, 1.82) is 0 Å². The van der Waals surface area contributed by atoms with E-state index in [0.717, 1.165) is 20.2 Å². The van der Waals surface area contributed by atoms with Gasteiger partial charge in [0.25, 0.3) is 0 Å². The molecular formula is C10H8Cl2INO. The van der Waals surface area contributed by atoms with Crippen molar-refractivity contribution in [2.24, 2.45) is 0 Å². The number of rotatable bonds is 2. The summed E-state index contributed by atoms with van der Waals surface area (Å²) >= 11 is 14.3. The maximum absolute atomic E-state index is 6.09. The number of fused-ring (bicyclic) bond motifs is 1. The van der Waals surface area contributed by atoms with Gasteiger partial charge in [0.05, 0.1) is 27.6 Å². The number of halogens is 3. The Morgan fingerprint density at radius 1 is 1.47 bits per heavy atom. The lowest BCUT2D eigenvalue weighted by molar-refractivity contribution is 0.344. The molecule has 0 atom stereocenters. The van der Waals surface area contributed by atoms with Crippen molar-refractivity contribution in [3.8, 4) is 5.75 Å². The summed E-state index contributed by atoms with van der Waals surface area (Å²) in [7, 11) is 0. The molecule has 0 saturated heterocycles.